The summed E-state index contributed by atoms with van der Waals surface area (Å²) in [6.07, 6.45) is 5.73. The molecule has 1 aliphatic carbocycles. The molecule has 2 heterocycles. The van der Waals surface area contributed by atoms with Crippen molar-refractivity contribution in [3.8, 4) is 0 Å². The third-order valence-electron chi connectivity index (χ3n) is 5.50. The fourth-order valence-electron chi connectivity index (χ4n) is 3.68. The van der Waals surface area contributed by atoms with E-state index in [0.29, 0.717) is 5.82 Å². The molecule has 2 aromatic rings. The Bertz CT molecular complexity index is 706. The number of rotatable bonds is 5. The summed E-state index contributed by atoms with van der Waals surface area (Å²) >= 11 is 0. The van der Waals surface area contributed by atoms with Gasteiger partial charge in [-0.15, -0.1) is 0 Å². The fraction of sp³-hybridized carbons (Fsp3) is 0.500. The summed E-state index contributed by atoms with van der Waals surface area (Å²) in [5, 5.41) is 24.2. The van der Waals surface area contributed by atoms with Crippen LogP contribution in [0.2, 0.25) is 0 Å². The molecule has 6 heteroatoms. The van der Waals surface area contributed by atoms with Gasteiger partial charge in [-0.2, -0.15) is 0 Å². The highest BCUT2D eigenvalue weighted by atomic mass is 16.5. The molecular formula is C20H25N3O3. The van der Waals surface area contributed by atoms with E-state index in [2.05, 4.69) is 27.4 Å². The van der Waals surface area contributed by atoms with E-state index in [4.69, 9.17) is 4.74 Å². The van der Waals surface area contributed by atoms with Crippen molar-refractivity contribution in [1.29, 1.82) is 0 Å². The normalized spacial score (nSPS) is 29.2. The second kappa shape index (κ2) is 7.70. The van der Waals surface area contributed by atoms with Crippen LogP contribution < -0.4 is 5.32 Å². The summed E-state index contributed by atoms with van der Waals surface area (Å²) in [6.45, 7) is 0.288. The molecule has 0 bridgehead atoms. The number of aliphatic hydroxyl groups is 2. The molecule has 1 aromatic carbocycles. The van der Waals surface area contributed by atoms with E-state index >= 15 is 0 Å². The highest BCUT2D eigenvalue weighted by molar-refractivity contribution is 5.34. The number of ether oxygens (including phenoxy) is 1. The molecule has 0 unspecified atom stereocenters. The van der Waals surface area contributed by atoms with Crippen molar-refractivity contribution >= 4 is 5.82 Å². The molecule has 1 saturated carbocycles. The lowest BCUT2D eigenvalue weighted by Crippen LogP contribution is -2.52. The maximum Gasteiger partial charge on any atom is 0.129 e. The van der Waals surface area contributed by atoms with Crippen molar-refractivity contribution < 1.29 is 14.9 Å². The molecule has 0 radical (unpaired) electrons. The van der Waals surface area contributed by atoms with Gasteiger partial charge < -0.3 is 20.3 Å². The van der Waals surface area contributed by atoms with E-state index in [1.807, 2.05) is 12.1 Å². The largest absolute Gasteiger partial charge is 0.388 e. The third-order valence-corrected chi connectivity index (χ3v) is 5.50. The van der Waals surface area contributed by atoms with Crippen LogP contribution in [-0.4, -0.2) is 45.0 Å². The van der Waals surface area contributed by atoms with Crippen molar-refractivity contribution in [3.63, 3.8) is 0 Å². The SMILES string of the molecule is O[C@@H]1[C@H](O)[C@@H](Nc2ccncn2)CO[C@@H]1c1ccc(CC2CCC2)cc1. The highest BCUT2D eigenvalue weighted by Crippen LogP contribution is 2.32. The van der Waals surface area contributed by atoms with Crippen molar-refractivity contribution in [2.75, 3.05) is 11.9 Å². The van der Waals surface area contributed by atoms with Gasteiger partial charge in [-0.3, -0.25) is 0 Å². The van der Waals surface area contributed by atoms with E-state index in [-0.39, 0.29) is 6.61 Å². The molecule has 2 aliphatic rings. The standard InChI is InChI=1S/C20H25N3O3/c24-18-16(23-17-8-9-21-12-22-17)11-26-20(19(18)25)15-6-4-14(5-7-15)10-13-2-1-3-13/h4-9,12-13,16,18-20,24-25H,1-3,10-11H2,(H,21,22,23)/t16-,18+,19+,20+/m0/s1. The Morgan fingerprint density at radius 3 is 2.54 bits per heavy atom. The fourth-order valence-corrected chi connectivity index (χ4v) is 3.68. The molecule has 1 aliphatic heterocycles. The molecule has 1 saturated heterocycles. The summed E-state index contributed by atoms with van der Waals surface area (Å²) in [7, 11) is 0. The van der Waals surface area contributed by atoms with Crippen LogP contribution in [0.15, 0.2) is 42.9 Å². The minimum absolute atomic E-state index is 0.288. The Labute approximate surface area is 153 Å². The van der Waals surface area contributed by atoms with Gasteiger partial charge in [-0.05, 0) is 29.5 Å². The zero-order valence-electron chi connectivity index (χ0n) is 14.7. The zero-order chi connectivity index (χ0) is 17.9. The highest BCUT2D eigenvalue weighted by Gasteiger charge is 2.39. The molecule has 4 atom stereocenters. The average molecular weight is 355 g/mol. The molecule has 0 spiro atoms. The van der Waals surface area contributed by atoms with Crippen molar-refractivity contribution in [2.24, 2.45) is 5.92 Å². The van der Waals surface area contributed by atoms with Gasteiger partial charge in [0.15, 0.2) is 0 Å². The molecular weight excluding hydrogens is 330 g/mol. The van der Waals surface area contributed by atoms with E-state index in [1.165, 1.54) is 31.2 Å². The Balaban J connectivity index is 1.39. The molecule has 2 fully saturated rings. The predicted octanol–water partition coefficient (Wildman–Crippen LogP) is 2.09. The van der Waals surface area contributed by atoms with E-state index < -0.39 is 24.4 Å². The molecule has 138 valence electrons. The lowest BCUT2D eigenvalue weighted by Gasteiger charge is -2.38. The molecule has 3 N–H and O–H groups in total. The summed E-state index contributed by atoms with van der Waals surface area (Å²) in [5.41, 5.74) is 2.22. The number of nitrogens with one attached hydrogen (secondary N) is 1. The minimum Gasteiger partial charge on any atom is -0.388 e. The van der Waals surface area contributed by atoms with Crippen molar-refractivity contribution in [1.82, 2.24) is 9.97 Å². The van der Waals surface area contributed by atoms with Crippen LogP contribution in [0.3, 0.4) is 0 Å². The number of aromatic nitrogens is 2. The summed E-state index contributed by atoms with van der Waals surface area (Å²) in [5.74, 6) is 1.42. The van der Waals surface area contributed by atoms with Crippen LogP contribution in [-0.2, 0) is 11.2 Å². The van der Waals surface area contributed by atoms with Gasteiger partial charge in [0.05, 0.1) is 12.6 Å². The van der Waals surface area contributed by atoms with Crippen LogP contribution in [0, 0.1) is 5.92 Å². The number of hydrogen-bond donors (Lipinski definition) is 3. The minimum atomic E-state index is -0.999. The second-order valence-corrected chi connectivity index (χ2v) is 7.32. The molecule has 0 amide bonds. The molecule has 26 heavy (non-hydrogen) atoms. The van der Waals surface area contributed by atoms with Crippen molar-refractivity contribution in [2.45, 2.75) is 50.0 Å². The number of hydrogen-bond acceptors (Lipinski definition) is 6. The van der Waals surface area contributed by atoms with Gasteiger partial charge in [0.25, 0.3) is 0 Å². The lowest BCUT2D eigenvalue weighted by atomic mass is 9.81. The maximum atomic E-state index is 10.6. The first-order chi connectivity index (χ1) is 12.7. The number of aliphatic hydroxyl groups excluding tert-OH is 2. The Morgan fingerprint density at radius 1 is 1.08 bits per heavy atom. The van der Waals surface area contributed by atoms with Gasteiger partial charge in [0.1, 0.15) is 30.5 Å². The monoisotopic (exact) mass is 355 g/mol. The summed E-state index contributed by atoms with van der Waals surface area (Å²) in [6, 6.07) is 9.53. The first-order valence-electron chi connectivity index (χ1n) is 9.30. The smallest absolute Gasteiger partial charge is 0.129 e. The first kappa shape index (κ1) is 17.4. The van der Waals surface area contributed by atoms with Crippen LogP contribution in [0.1, 0.15) is 36.5 Å². The van der Waals surface area contributed by atoms with Crippen LogP contribution >= 0.6 is 0 Å². The topological polar surface area (TPSA) is 87.5 Å². The number of anilines is 1. The molecule has 6 nitrogen and oxygen atoms in total. The van der Waals surface area contributed by atoms with Gasteiger partial charge in [-0.1, -0.05) is 43.5 Å². The summed E-state index contributed by atoms with van der Waals surface area (Å²) in [4.78, 5) is 7.95. The van der Waals surface area contributed by atoms with Crippen molar-refractivity contribution in [3.05, 3.63) is 54.0 Å². The Kier molecular flexibility index (Phi) is 5.15. The lowest BCUT2D eigenvalue weighted by molar-refractivity contribution is -0.142. The molecule has 4 rings (SSSR count). The quantitative estimate of drug-likeness (QED) is 0.761. The van der Waals surface area contributed by atoms with E-state index in [9.17, 15) is 10.2 Å². The average Bonchev–Trinajstić information content (AvgIpc) is 2.64. The van der Waals surface area contributed by atoms with Crippen LogP contribution in [0.25, 0.3) is 0 Å². The Hall–Kier alpha value is -2.02. The summed E-state index contributed by atoms with van der Waals surface area (Å²) < 4.78 is 5.87. The van der Waals surface area contributed by atoms with E-state index in [1.54, 1.807) is 12.3 Å². The van der Waals surface area contributed by atoms with Gasteiger partial charge in [0, 0.05) is 6.20 Å². The Morgan fingerprint density at radius 2 is 1.88 bits per heavy atom. The molecule has 1 aromatic heterocycles. The van der Waals surface area contributed by atoms with Gasteiger partial charge >= 0.3 is 0 Å². The van der Waals surface area contributed by atoms with Gasteiger partial charge in [0.2, 0.25) is 0 Å². The first-order valence-corrected chi connectivity index (χ1v) is 9.30. The van der Waals surface area contributed by atoms with Crippen LogP contribution in [0.4, 0.5) is 5.82 Å². The number of benzene rings is 1. The van der Waals surface area contributed by atoms with Crippen LogP contribution in [0.5, 0.6) is 0 Å². The van der Waals surface area contributed by atoms with Gasteiger partial charge in [-0.25, -0.2) is 9.97 Å². The zero-order valence-corrected chi connectivity index (χ0v) is 14.7. The predicted molar refractivity (Wildman–Crippen MR) is 97.6 cm³/mol. The third kappa shape index (κ3) is 3.72. The van der Waals surface area contributed by atoms with E-state index in [0.717, 1.165) is 17.9 Å². The maximum absolute atomic E-state index is 10.6. The number of nitrogens with zero attached hydrogens (tertiary/aromatic N) is 2. The second-order valence-electron chi connectivity index (χ2n) is 7.32.